The highest BCUT2D eigenvalue weighted by Crippen LogP contribution is 2.35. The van der Waals surface area contributed by atoms with Crippen molar-refractivity contribution in [1.82, 2.24) is 0 Å². The average Bonchev–Trinajstić information content (AvgIpc) is 2.69. The first-order valence-electron chi connectivity index (χ1n) is 8.36. The van der Waals surface area contributed by atoms with Gasteiger partial charge in [-0.05, 0) is 30.3 Å². The molecule has 0 amide bonds. The molecular weight excluding hydrogens is 349 g/mol. The van der Waals surface area contributed by atoms with Crippen LogP contribution in [0.4, 0.5) is 13.2 Å². The van der Waals surface area contributed by atoms with E-state index in [0.717, 1.165) is 0 Å². The summed E-state index contributed by atoms with van der Waals surface area (Å²) in [6, 6.07) is 21.6. The quantitative estimate of drug-likeness (QED) is 0.357. The Kier molecular flexibility index (Phi) is 4.47. The van der Waals surface area contributed by atoms with Gasteiger partial charge in [-0.2, -0.15) is 0 Å². The minimum atomic E-state index is -0.480. The molecule has 0 aliphatic rings. The molecule has 0 aliphatic heterocycles. The number of rotatable bonds is 3. The Morgan fingerprint density at radius 2 is 0.852 bits per heavy atom. The van der Waals surface area contributed by atoms with Crippen LogP contribution in [-0.4, -0.2) is 0 Å². The maximum absolute atomic E-state index is 14.3. The van der Waals surface area contributed by atoms with Crippen LogP contribution in [0.5, 0.6) is 0 Å². The van der Waals surface area contributed by atoms with E-state index in [-0.39, 0.29) is 22.6 Å². The summed E-state index contributed by atoms with van der Waals surface area (Å²) in [5.74, 6) is -1.01. The minimum absolute atomic E-state index is 0.187. The Morgan fingerprint density at radius 3 is 1.26 bits per heavy atom. The predicted molar refractivity (Wildman–Crippen MR) is 99.3 cm³/mol. The van der Waals surface area contributed by atoms with Crippen molar-refractivity contribution < 1.29 is 17.6 Å². The van der Waals surface area contributed by atoms with Crippen molar-refractivity contribution in [3.63, 3.8) is 0 Å². The van der Waals surface area contributed by atoms with Crippen molar-refractivity contribution in [3.8, 4) is 33.8 Å². The van der Waals surface area contributed by atoms with E-state index in [1.807, 2.05) is 0 Å². The van der Waals surface area contributed by atoms with E-state index in [1.165, 1.54) is 18.2 Å². The Hall–Kier alpha value is -3.40. The molecule has 0 saturated carbocycles. The van der Waals surface area contributed by atoms with Gasteiger partial charge >= 0.3 is 11.5 Å². The number of hydrogen-bond donors (Lipinski definition) is 0. The fourth-order valence-electron chi connectivity index (χ4n) is 2.94. The summed E-state index contributed by atoms with van der Waals surface area (Å²) >= 11 is 0. The summed E-state index contributed by atoms with van der Waals surface area (Å²) in [4.78, 5) is 0. The third-order valence-corrected chi connectivity index (χ3v) is 4.26. The summed E-state index contributed by atoms with van der Waals surface area (Å²) < 4.78 is 48.7. The maximum Gasteiger partial charge on any atom is 0.364 e. The van der Waals surface area contributed by atoms with E-state index in [1.54, 1.807) is 66.7 Å². The highest BCUT2D eigenvalue weighted by atomic mass is 19.1. The van der Waals surface area contributed by atoms with Crippen LogP contribution in [0.3, 0.4) is 0 Å². The van der Waals surface area contributed by atoms with Gasteiger partial charge in [0.1, 0.15) is 28.6 Å². The number of hydrogen-bond acceptors (Lipinski definition) is 0. The van der Waals surface area contributed by atoms with Crippen molar-refractivity contribution in [1.29, 1.82) is 0 Å². The fourth-order valence-corrected chi connectivity index (χ4v) is 2.94. The second-order valence-corrected chi connectivity index (χ2v) is 6.01. The summed E-state index contributed by atoms with van der Waals surface area (Å²) in [5, 5.41) is 0. The van der Waals surface area contributed by atoms with Crippen molar-refractivity contribution in [2.75, 3.05) is 0 Å². The lowest BCUT2D eigenvalue weighted by Gasteiger charge is -2.04. The SMILES string of the molecule is Fc1ccccc1-c1cc(-c2ccccc2F)[o+]c(-c2ccccc2F)c1. The normalized spacial score (nSPS) is 10.8. The Labute approximate surface area is 154 Å². The first-order valence-corrected chi connectivity index (χ1v) is 8.36. The van der Waals surface area contributed by atoms with Crippen LogP contribution in [0.1, 0.15) is 0 Å². The molecule has 3 aromatic carbocycles. The van der Waals surface area contributed by atoms with E-state index in [0.29, 0.717) is 11.1 Å². The summed E-state index contributed by atoms with van der Waals surface area (Å²) in [6.07, 6.45) is 0. The zero-order valence-corrected chi connectivity index (χ0v) is 14.1. The molecule has 1 aromatic heterocycles. The minimum Gasteiger partial charge on any atom is -0.207 e. The van der Waals surface area contributed by atoms with Gasteiger partial charge < -0.3 is 0 Å². The largest absolute Gasteiger partial charge is 0.364 e. The van der Waals surface area contributed by atoms with Gasteiger partial charge in [0.2, 0.25) is 0 Å². The van der Waals surface area contributed by atoms with Crippen molar-refractivity contribution >= 4 is 0 Å². The summed E-state index contributed by atoms with van der Waals surface area (Å²) in [5.41, 5.74) is 1.22. The molecule has 0 aliphatic carbocycles. The molecule has 0 radical (unpaired) electrons. The van der Waals surface area contributed by atoms with Crippen LogP contribution in [0.15, 0.2) is 89.3 Å². The lowest BCUT2D eigenvalue weighted by atomic mass is 10.0. The van der Waals surface area contributed by atoms with E-state index in [9.17, 15) is 13.2 Å². The van der Waals surface area contributed by atoms with Gasteiger partial charge in [0.25, 0.3) is 0 Å². The molecule has 0 fully saturated rings. The van der Waals surface area contributed by atoms with Gasteiger partial charge in [-0.15, -0.1) is 0 Å². The standard InChI is InChI=1S/C23H14F3O/c24-19-10-4-1-7-16(19)15-13-22(17-8-2-5-11-20(17)25)27-23(14-15)18-9-3-6-12-21(18)26/h1-14H/q+1. The van der Waals surface area contributed by atoms with Crippen molar-refractivity contribution in [2.45, 2.75) is 0 Å². The molecule has 132 valence electrons. The van der Waals surface area contributed by atoms with E-state index in [2.05, 4.69) is 0 Å². The van der Waals surface area contributed by atoms with Crippen LogP contribution >= 0.6 is 0 Å². The van der Waals surface area contributed by atoms with E-state index < -0.39 is 17.5 Å². The van der Waals surface area contributed by atoms with Crippen LogP contribution in [-0.2, 0) is 0 Å². The molecule has 0 atom stereocenters. The predicted octanol–water partition coefficient (Wildman–Crippen LogP) is 6.98. The van der Waals surface area contributed by atoms with Crippen molar-refractivity contribution in [3.05, 3.63) is 102 Å². The maximum atomic E-state index is 14.3. The molecule has 0 saturated heterocycles. The first-order chi connectivity index (χ1) is 13.1. The van der Waals surface area contributed by atoms with Crippen molar-refractivity contribution in [2.24, 2.45) is 0 Å². The topological polar surface area (TPSA) is 11.3 Å². The van der Waals surface area contributed by atoms with Gasteiger partial charge in [0.05, 0.1) is 12.1 Å². The van der Waals surface area contributed by atoms with Gasteiger partial charge in [0.15, 0.2) is 0 Å². The molecule has 4 rings (SSSR count). The lowest BCUT2D eigenvalue weighted by Crippen LogP contribution is -1.91. The second-order valence-electron chi connectivity index (χ2n) is 6.01. The lowest BCUT2D eigenvalue weighted by molar-refractivity contribution is 0.559. The van der Waals surface area contributed by atoms with Crippen LogP contribution in [0.2, 0.25) is 0 Å². The first kappa shape index (κ1) is 17.0. The Morgan fingerprint density at radius 1 is 0.481 bits per heavy atom. The summed E-state index contributed by atoms with van der Waals surface area (Å²) in [7, 11) is 0. The van der Waals surface area contributed by atoms with Crippen LogP contribution in [0.25, 0.3) is 33.8 Å². The van der Waals surface area contributed by atoms with E-state index in [4.69, 9.17) is 4.42 Å². The fraction of sp³-hybridized carbons (Fsp3) is 0. The second kappa shape index (κ2) is 7.08. The van der Waals surface area contributed by atoms with E-state index >= 15 is 0 Å². The molecule has 0 bridgehead atoms. The van der Waals surface area contributed by atoms with Gasteiger partial charge in [-0.25, -0.2) is 17.6 Å². The molecule has 0 unspecified atom stereocenters. The zero-order chi connectivity index (χ0) is 18.8. The highest BCUT2D eigenvalue weighted by Gasteiger charge is 2.25. The molecule has 0 N–H and O–H groups in total. The van der Waals surface area contributed by atoms with Gasteiger partial charge in [0, 0.05) is 11.1 Å². The molecule has 1 nitrogen and oxygen atoms in total. The molecule has 27 heavy (non-hydrogen) atoms. The monoisotopic (exact) mass is 363 g/mol. The highest BCUT2D eigenvalue weighted by molar-refractivity contribution is 5.75. The molecule has 4 heteroatoms. The molecular formula is C23H14F3O+. The molecule has 4 aromatic rings. The number of halogens is 3. The summed E-state index contributed by atoms with van der Waals surface area (Å²) in [6.45, 7) is 0. The smallest absolute Gasteiger partial charge is 0.207 e. The van der Waals surface area contributed by atoms with Gasteiger partial charge in [-0.1, -0.05) is 42.5 Å². The molecule has 1 heterocycles. The zero-order valence-electron chi connectivity index (χ0n) is 14.1. The third kappa shape index (κ3) is 3.34. The third-order valence-electron chi connectivity index (χ3n) is 4.26. The Bertz CT molecular complexity index is 968. The molecule has 0 spiro atoms. The average molecular weight is 363 g/mol. The van der Waals surface area contributed by atoms with Crippen LogP contribution in [0, 0.1) is 17.5 Å². The van der Waals surface area contributed by atoms with Crippen LogP contribution < -0.4 is 0 Å². The number of benzene rings is 3. The van der Waals surface area contributed by atoms with Gasteiger partial charge in [-0.3, -0.25) is 0 Å². The Balaban J connectivity index is 1.99.